The molecule has 96 valence electrons. The first-order valence-corrected chi connectivity index (χ1v) is 7.07. The molecule has 3 heteroatoms. The van der Waals surface area contributed by atoms with Crippen LogP contribution in [-0.2, 0) is 6.42 Å². The third kappa shape index (κ3) is 5.64. The van der Waals surface area contributed by atoms with Crippen LogP contribution in [0.2, 0.25) is 0 Å². The molecule has 0 heterocycles. The summed E-state index contributed by atoms with van der Waals surface area (Å²) in [5, 5.41) is 3.31. The van der Waals surface area contributed by atoms with E-state index < -0.39 is 0 Å². The fourth-order valence-corrected chi connectivity index (χ4v) is 2.52. The van der Waals surface area contributed by atoms with Gasteiger partial charge in [0.15, 0.2) is 0 Å². The molecule has 1 rings (SSSR count). The van der Waals surface area contributed by atoms with Crippen LogP contribution in [0.1, 0.15) is 38.2 Å². The maximum Gasteiger partial charge on any atom is 0.124 e. The molecule has 1 atom stereocenters. The van der Waals surface area contributed by atoms with E-state index in [1.165, 1.54) is 25.3 Å². The lowest BCUT2D eigenvalue weighted by molar-refractivity contribution is 0.489. The van der Waals surface area contributed by atoms with Gasteiger partial charge in [-0.15, -0.1) is 0 Å². The molecule has 0 fully saturated rings. The van der Waals surface area contributed by atoms with Gasteiger partial charge in [0.1, 0.15) is 5.82 Å². The van der Waals surface area contributed by atoms with Crippen molar-refractivity contribution < 1.29 is 4.39 Å². The van der Waals surface area contributed by atoms with Gasteiger partial charge in [-0.25, -0.2) is 4.39 Å². The highest BCUT2D eigenvalue weighted by atomic mass is 79.9. The van der Waals surface area contributed by atoms with Gasteiger partial charge in [0.2, 0.25) is 0 Å². The van der Waals surface area contributed by atoms with E-state index in [2.05, 4.69) is 28.2 Å². The second-order valence-electron chi connectivity index (χ2n) is 4.46. The largest absolute Gasteiger partial charge is 0.317 e. The molecule has 0 aliphatic heterocycles. The molecule has 0 aliphatic carbocycles. The summed E-state index contributed by atoms with van der Waals surface area (Å²) in [6.07, 6.45) is 5.78. The molecule has 1 N–H and O–H groups in total. The highest BCUT2D eigenvalue weighted by Crippen LogP contribution is 2.17. The molecule has 1 unspecified atom stereocenters. The monoisotopic (exact) mass is 301 g/mol. The van der Waals surface area contributed by atoms with E-state index >= 15 is 0 Å². The minimum atomic E-state index is -0.169. The smallest absolute Gasteiger partial charge is 0.124 e. The van der Waals surface area contributed by atoms with Gasteiger partial charge in [0.05, 0.1) is 0 Å². The summed E-state index contributed by atoms with van der Waals surface area (Å²) in [7, 11) is 1.98. The molecule has 0 saturated heterocycles. The minimum absolute atomic E-state index is 0.169. The zero-order chi connectivity index (χ0) is 12.7. The van der Waals surface area contributed by atoms with Crippen LogP contribution in [0.4, 0.5) is 4.39 Å². The van der Waals surface area contributed by atoms with Crippen LogP contribution in [0.5, 0.6) is 0 Å². The summed E-state index contributed by atoms with van der Waals surface area (Å²) in [6.45, 7) is 2.21. The third-order valence-electron chi connectivity index (χ3n) is 2.97. The summed E-state index contributed by atoms with van der Waals surface area (Å²) in [4.78, 5) is 0. The van der Waals surface area contributed by atoms with Gasteiger partial charge < -0.3 is 5.32 Å². The van der Waals surface area contributed by atoms with Crippen LogP contribution in [0.3, 0.4) is 0 Å². The van der Waals surface area contributed by atoms with Crippen molar-refractivity contribution in [2.45, 2.75) is 45.1 Å². The lowest BCUT2D eigenvalue weighted by atomic mass is 10.0. The summed E-state index contributed by atoms with van der Waals surface area (Å²) in [5.41, 5.74) is 1.05. The first kappa shape index (κ1) is 14.7. The Morgan fingerprint density at radius 1 is 1.29 bits per heavy atom. The van der Waals surface area contributed by atoms with E-state index in [9.17, 15) is 4.39 Å². The number of unbranched alkanes of at least 4 members (excludes halogenated alkanes) is 2. The average Bonchev–Trinajstić information content (AvgIpc) is 2.26. The molecule has 17 heavy (non-hydrogen) atoms. The van der Waals surface area contributed by atoms with Crippen LogP contribution >= 0.6 is 15.9 Å². The normalized spacial score (nSPS) is 12.7. The van der Waals surface area contributed by atoms with Crippen LogP contribution < -0.4 is 5.32 Å². The van der Waals surface area contributed by atoms with E-state index in [0.29, 0.717) is 6.04 Å². The van der Waals surface area contributed by atoms with E-state index in [0.717, 1.165) is 22.9 Å². The first-order valence-electron chi connectivity index (χ1n) is 6.28. The molecular weight excluding hydrogens is 281 g/mol. The summed E-state index contributed by atoms with van der Waals surface area (Å²) in [6, 6.07) is 5.55. The number of benzene rings is 1. The minimum Gasteiger partial charge on any atom is -0.317 e. The Morgan fingerprint density at radius 3 is 2.65 bits per heavy atom. The van der Waals surface area contributed by atoms with Crippen molar-refractivity contribution in [2.24, 2.45) is 0 Å². The van der Waals surface area contributed by atoms with Crippen LogP contribution in [0, 0.1) is 5.82 Å². The van der Waals surface area contributed by atoms with E-state index in [1.54, 1.807) is 6.07 Å². The third-order valence-corrected chi connectivity index (χ3v) is 3.43. The highest BCUT2D eigenvalue weighted by molar-refractivity contribution is 9.10. The molecule has 0 saturated carbocycles. The fraction of sp³-hybridized carbons (Fsp3) is 0.571. The average molecular weight is 302 g/mol. The van der Waals surface area contributed by atoms with Crippen molar-refractivity contribution in [3.63, 3.8) is 0 Å². The zero-order valence-electron chi connectivity index (χ0n) is 10.6. The van der Waals surface area contributed by atoms with Crippen molar-refractivity contribution in [1.82, 2.24) is 5.32 Å². The van der Waals surface area contributed by atoms with E-state index in [4.69, 9.17) is 0 Å². The predicted molar refractivity (Wildman–Crippen MR) is 74.8 cm³/mol. The number of likely N-dealkylation sites (N-methyl/N-ethyl adjacent to an activating group) is 1. The predicted octanol–water partition coefficient (Wildman–Crippen LogP) is 4.30. The van der Waals surface area contributed by atoms with Gasteiger partial charge >= 0.3 is 0 Å². The van der Waals surface area contributed by atoms with Gasteiger partial charge in [0.25, 0.3) is 0 Å². The zero-order valence-corrected chi connectivity index (χ0v) is 12.2. The molecule has 0 bridgehead atoms. The second kappa shape index (κ2) is 7.83. The van der Waals surface area contributed by atoms with Crippen molar-refractivity contribution in [3.05, 3.63) is 34.1 Å². The Kier molecular flexibility index (Phi) is 6.75. The first-order chi connectivity index (χ1) is 8.15. The molecular formula is C14H21BrFN. The van der Waals surface area contributed by atoms with Gasteiger partial charge in [-0.3, -0.25) is 0 Å². The maximum atomic E-state index is 13.2. The van der Waals surface area contributed by atoms with E-state index in [-0.39, 0.29) is 5.82 Å². The fourth-order valence-electron chi connectivity index (χ4n) is 2.00. The van der Waals surface area contributed by atoms with Gasteiger partial charge in [-0.2, -0.15) is 0 Å². The topological polar surface area (TPSA) is 12.0 Å². The van der Waals surface area contributed by atoms with E-state index in [1.807, 2.05) is 13.1 Å². The number of hydrogen-bond donors (Lipinski definition) is 1. The molecule has 0 spiro atoms. The van der Waals surface area contributed by atoms with Crippen molar-refractivity contribution in [1.29, 1.82) is 0 Å². The number of hydrogen-bond acceptors (Lipinski definition) is 1. The molecule has 1 aromatic rings. The SMILES string of the molecule is CCCCCC(Cc1cc(F)cc(Br)c1)NC. The maximum absolute atomic E-state index is 13.2. The molecule has 0 amide bonds. The van der Waals surface area contributed by atoms with Gasteiger partial charge in [-0.1, -0.05) is 42.1 Å². The number of nitrogens with one attached hydrogen (secondary N) is 1. The van der Waals surface area contributed by atoms with Crippen LogP contribution in [-0.4, -0.2) is 13.1 Å². The Hall–Kier alpha value is -0.410. The lowest BCUT2D eigenvalue weighted by Crippen LogP contribution is -2.27. The van der Waals surface area contributed by atoms with Crippen molar-refractivity contribution in [3.8, 4) is 0 Å². The number of rotatable bonds is 7. The van der Waals surface area contributed by atoms with Crippen molar-refractivity contribution >= 4 is 15.9 Å². The second-order valence-corrected chi connectivity index (χ2v) is 5.38. The lowest BCUT2D eigenvalue weighted by Gasteiger charge is -2.16. The Bertz CT molecular complexity index is 321. The summed E-state index contributed by atoms with van der Waals surface area (Å²) in [5.74, 6) is -0.169. The molecule has 1 aromatic carbocycles. The molecule has 0 radical (unpaired) electrons. The molecule has 0 aliphatic rings. The Balaban J connectivity index is 2.54. The van der Waals surface area contributed by atoms with Crippen molar-refractivity contribution in [2.75, 3.05) is 7.05 Å². The standard InChI is InChI=1S/C14H21BrFN/c1-3-4-5-6-14(17-2)9-11-7-12(15)10-13(16)8-11/h7-8,10,14,17H,3-6,9H2,1-2H3. The number of halogens is 2. The van der Waals surface area contributed by atoms with Gasteiger partial charge in [0, 0.05) is 10.5 Å². The molecule has 0 aromatic heterocycles. The van der Waals surface area contributed by atoms with Crippen LogP contribution in [0.25, 0.3) is 0 Å². The summed E-state index contributed by atoms with van der Waals surface area (Å²) >= 11 is 3.33. The molecule has 1 nitrogen and oxygen atoms in total. The summed E-state index contributed by atoms with van der Waals surface area (Å²) < 4.78 is 14.1. The Labute approximate surface area is 112 Å². The van der Waals surface area contributed by atoms with Crippen LogP contribution in [0.15, 0.2) is 22.7 Å². The van der Waals surface area contributed by atoms with Gasteiger partial charge in [-0.05, 0) is 43.7 Å². The highest BCUT2D eigenvalue weighted by Gasteiger charge is 2.08. The quantitative estimate of drug-likeness (QED) is 0.741. The Morgan fingerprint density at radius 2 is 2.06 bits per heavy atom.